The number of carbonyl (C=O) groups excluding carboxylic acids is 1. The molecule has 2 aromatic rings. The van der Waals surface area contributed by atoms with Crippen LogP contribution in [0.4, 0.5) is 10.1 Å². The highest BCUT2D eigenvalue weighted by atomic mass is 79.9. The van der Waals surface area contributed by atoms with E-state index in [1.54, 1.807) is 12.1 Å². The first-order valence-corrected chi connectivity index (χ1v) is 10.5. The van der Waals surface area contributed by atoms with Crippen LogP contribution in [0.2, 0.25) is 0 Å². The lowest BCUT2D eigenvalue weighted by Gasteiger charge is -2.43. The second-order valence-corrected chi connectivity index (χ2v) is 9.43. The number of carbonyl (C=O) groups is 1. The molecule has 0 aromatic heterocycles. The van der Waals surface area contributed by atoms with E-state index in [-0.39, 0.29) is 17.0 Å². The van der Waals surface area contributed by atoms with Crippen LogP contribution in [0, 0.1) is 22.6 Å². The summed E-state index contributed by atoms with van der Waals surface area (Å²) in [6.07, 6.45) is 1.02. The minimum absolute atomic E-state index is 0.00387. The Hall–Kier alpha value is -2.91. The third-order valence-electron chi connectivity index (χ3n) is 5.65. The molecule has 1 aliphatic heterocycles. The predicted molar refractivity (Wildman–Crippen MR) is 118 cm³/mol. The van der Waals surface area contributed by atoms with Crippen LogP contribution in [0.15, 0.2) is 75.7 Å². The molecule has 0 bridgehead atoms. The third-order valence-corrected chi connectivity index (χ3v) is 6.14. The highest BCUT2D eigenvalue weighted by Gasteiger charge is 2.44. The fraction of sp³-hybridized carbons (Fsp3) is 0.250. The number of ketones is 1. The summed E-state index contributed by atoms with van der Waals surface area (Å²) in [4.78, 5) is 15.2. The Labute approximate surface area is 183 Å². The normalized spacial score (nSPS) is 20.8. The van der Waals surface area contributed by atoms with E-state index in [9.17, 15) is 14.4 Å². The predicted octanol–water partition coefficient (Wildman–Crippen LogP) is 5.53. The molecule has 0 spiro atoms. The highest BCUT2D eigenvalue weighted by molar-refractivity contribution is 9.10. The Balaban J connectivity index is 2.00. The Bertz CT molecular complexity index is 1140. The van der Waals surface area contributed by atoms with Gasteiger partial charge in [0.15, 0.2) is 5.78 Å². The number of halogens is 2. The van der Waals surface area contributed by atoms with Gasteiger partial charge in [0.1, 0.15) is 11.6 Å². The summed E-state index contributed by atoms with van der Waals surface area (Å²) in [6, 6.07) is 15.8. The molecule has 0 radical (unpaired) electrons. The second kappa shape index (κ2) is 7.41. The molecule has 2 N–H and O–H groups in total. The summed E-state index contributed by atoms with van der Waals surface area (Å²) >= 11 is 3.49. The number of nitrogens with two attached hydrogens (primary N) is 1. The number of nitrogens with zero attached hydrogens (tertiary/aromatic N) is 2. The van der Waals surface area contributed by atoms with Gasteiger partial charge < -0.3 is 5.73 Å². The molecule has 2 aliphatic rings. The molecule has 0 amide bonds. The standard InChI is InChI=1S/C24H21BrFN3O/c1-24(2)11-19-22(20(30)12-24)21(14-6-8-16(26)9-7-14)18(13-27)23(28)29(19)17-5-3-4-15(25)10-17/h3-10,21H,11-12,28H2,1-2H3/t21-/m0/s1. The average molecular weight is 466 g/mol. The molecular formula is C24H21BrFN3O. The van der Waals surface area contributed by atoms with Gasteiger partial charge in [-0.1, -0.05) is 48.0 Å². The van der Waals surface area contributed by atoms with E-state index in [1.807, 2.05) is 29.2 Å². The van der Waals surface area contributed by atoms with Crippen molar-refractivity contribution in [3.05, 3.63) is 87.0 Å². The van der Waals surface area contributed by atoms with Gasteiger partial charge in [-0.25, -0.2) is 4.39 Å². The second-order valence-electron chi connectivity index (χ2n) is 8.51. The van der Waals surface area contributed by atoms with Gasteiger partial charge in [0.25, 0.3) is 0 Å². The zero-order valence-electron chi connectivity index (χ0n) is 16.7. The Morgan fingerprint density at radius 2 is 1.90 bits per heavy atom. The van der Waals surface area contributed by atoms with Crippen LogP contribution in [0.25, 0.3) is 0 Å². The monoisotopic (exact) mass is 465 g/mol. The Morgan fingerprint density at radius 1 is 1.20 bits per heavy atom. The maximum atomic E-state index is 13.5. The molecule has 0 unspecified atom stereocenters. The van der Waals surface area contributed by atoms with Crippen LogP contribution in [-0.2, 0) is 4.79 Å². The van der Waals surface area contributed by atoms with Gasteiger partial charge in [0.05, 0.1) is 17.6 Å². The van der Waals surface area contributed by atoms with Crippen molar-refractivity contribution in [3.8, 4) is 6.07 Å². The van der Waals surface area contributed by atoms with Crippen molar-refractivity contribution in [3.63, 3.8) is 0 Å². The topological polar surface area (TPSA) is 70.1 Å². The fourth-order valence-corrected chi connectivity index (χ4v) is 4.79. The number of rotatable bonds is 2. The van der Waals surface area contributed by atoms with Crippen molar-refractivity contribution < 1.29 is 9.18 Å². The summed E-state index contributed by atoms with van der Waals surface area (Å²) < 4.78 is 14.4. The maximum absolute atomic E-state index is 13.5. The number of anilines is 1. The van der Waals surface area contributed by atoms with E-state index in [4.69, 9.17) is 5.73 Å². The SMILES string of the molecule is CC1(C)CC(=O)C2=C(C1)N(c1cccc(Br)c1)C(N)=C(C#N)[C@@H]2c1ccc(F)cc1. The Kier molecular flexibility index (Phi) is 5.03. The zero-order chi connectivity index (χ0) is 21.6. The van der Waals surface area contributed by atoms with Crippen LogP contribution in [0.5, 0.6) is 0 Å². The molecule has 2 aromatic carbocycles. The first-order valence-electron chi connectivity index (χ1n) is 9.69. The molecule has 0 saturated heterocycles. The third kappa shape index (κ3) is 3.44. The van der Waals surface area contributed by atoms with Crippen LogP contribution in [0.3, 0.4) is 0 Å². The quantitative estimate of drug-likeness (QED) is 0.632. The summed E-state index contributed by atoms with van der Waals surface area (Å²) in [5.41, 5.74) is 9.47. The zero-order valence-corrected chi connectivity index (χ0v) is 18.3. The van der Waals surface area contributed by atoms with Gasteiger partial charge >= 0.3 is 0 Å². The number of benzene rings is 2. The molecule has 152 valence electrons. The molecule has 0 fully saturated rings. The molecule has 1 aliphatic carbocycles. The lowest BCUT2D eigenvalue weighted by molar-refractivity contribution is -0.118. The molecular weight excluding hydrogens is 445 g/mol. The summed E-state index contributed by atoms with van der Waals surface area (Å²) in [6.45, 7) is 4.11. The number of Topliss-reactive ketones (excluding diaryl/α,β-unsaturated/α-hetero) is 1. The van der Waals surface area contributed by atoms with E-state index >= 15 is 0 Å². The van der Waals surface area contributed by atoms with Crippen LogP contribution in [-0.4, -0.2) is 5.78 Å². The summed E-state index contributed by atoms with van der Waals surface area (Å²) in [5, 5.41) is 10.0. The van der Waals surface area contributed by atoms with Gasteiger partial charge in [0, 0.05) is 27.9 Å². The molecule has 4 nitrogen and oxygen atoms in total. The molecule has 6 heteroatoms. The van der Waals surface area contributed by atoms with Crippen molar-refractivity contribution in [1.82, 2.24) is 0 Å². The number of hydrogen-bond acceptors (Lipinski definition) is 4. The summed E-state index contributed by atoms with van der Waals surface area (Å²) in [5.74, 6) is -0.673. The average Bonchev–Trinajstić information content (AvgIpc) is 2.67. The smallest absolute Gasteiger partial charge is 0.162 e. The Morgan fingerprint density at radius 3 is 2.53 bits per heavy atom. The van der Waals surface area contributed by atoms with Crippen LogP contribution >= 0.6 is 15.9 Å². The van der Waals surface area contributed by atoms with Crippen molar-refractivity contribution in [2.24, 2.45) is 11.1 Å². The lowest BCUT2D eigenvalue weighted by Crippen LogP contribution is -2.42. The van der Waals surface area contributed by atoms with Crippen molar-refractivity contribution in [2.75, 3.05) is 4.90 Å². The van der Waals surface area contributed by atoms with Gasteiger partial charge in [-0.3, -0.25) is 9.69 Å². The largest absolute Gasteiger partial charge is 0.384 e. The van der Waals surface area contributed by atoms with Crippen molar-refractivity contribution in [1.29, 1.82) is 5.26 Å². The molecule has 30 heavy (non-hydrogen) atoms. The lowest BCUT2D eigenvalue weighted by atomic mass is 9.68. The minimum Gasteiger partial charge on any atom is -0.384 e. The molecule has 4 rings (SSSR count). The summed E-state index contributed by atoms with van der Waals surface area (Å²) in [7, 11) is 0. The number of nitriles is 1. The van der Waals surface area contributed by atoms with Gasteiger partial charge in [0.2, 0.25) is 0 Å². The molecule has 1 atom stereocenters. The van der Waals surface area contributed by atoms with Crippen molar-refractivity contribution >= 4 is 27.4 Å². The van der Waals surface area contributed by atoms with E-state index in [0.29, 0.717) is 35.4 Å². The molecule has 1 heterocycles. The van der Waals surface area contributed by atoms with Gasteiger partial charge in [-0.2, -0.15) is 5.26 Å². The van der Waals surface area contributed by atoms with Crippen molar-refractivity contribution in [2.45, 2.75) is 32.6 Å². The van der Waals surface area contributed by atoms with Gasteiger partial charge in [-0.15, -0.1) is 0 Å². The molecule has 0 saturated carbocycles. The number of allylic oxidation sites excluding steroid dienone is 3. The van der Waals surface area contributed by atoms with E-state index in [1.165, 1.54) is 12.1 Å². The maximum Gasteiger partial charge on any atom is 0.162 e. The minimum atomic E-state index is -0.599. The van der Waals surface area contributed by atoms with Crippen LogP contribution in [0.1, 0.15) is 38.2 Å². The van der Waals surface area contributed by atoms with E-state index in [0.717, 1.165) is 15.9 Å². The number of hydrogen-bond donors (Lipinski definition) is 1. The van der Waals surface area contributed by atoms with E-state index < -0.39 is 5.92 Å². The van der Waals surface area contributed by atoms with Crippen LogP contribution < -0.4 is 10.6 Å². The van der Waals surface area contributed by atoms with Gasteiger partial charge in [-0.05, 0) is 47.7 Å². The first-order chi connectivity index (χ1) is 14.2. The fourth-order valence-electron chi connectivity index (χ4n) is 4.41. The highest BCUT2D eigenvalue weighted by Crippen LogP contribution is 2.50. The first kappa shape index (κ1) is 20.4. The van der Waals surface area contributed by atoms with E-state index in [2.05, 4.69) is 35.8 Å².